The topological polar surface area (TPSA) is 91.0 Å². The van der Waals surface area contributed by atoms with E-state index in [2.05, 4.69) is 5.32 Å². The van der Waals surface area contributed by atoms with Crippen molar-refractivity contribution in [2.45, 2.75) is 12.5 Å². The van der Waals surface area contributed by atoms with Crippen LogP contribution in [0, 0.1) is 5.82 Å². The Kier molecular flexibility index (Phi) is 6.86. The van der Waals surface area contributed by atoms with Crippen molar-refractivity contribution in [3.8, 4) is 0 Å². The summed E-state index contributed by atoms with van der Waals surface area (Å²) in [5, 5.41) is 4.72. The summed E-state index contributed by atoms with van der Waals surface area (Å²) in [7, 11) is 3.65. The van der Waals surface area contributed by atoms with Gasteiger partial charge in [-0.1, -0.05) is 0 Å². The van der Waals surface area contributed by atoms with Crippen molar-refractivity contribution in [3.63, 3.8) is 0 Å². The maximum absolute atomic E-state index is 14.7. The summed E-state index contributed by atoms with van der Waals surface area (Å²) < 4.78 is 44.2. The Balaban J connectivity index is 1.72. The number of anilines is 4. The number of hydrogen-bond acceptors (Lipinski definition) is 6. The van der Waals surface area contributed by atoms with Crippen molar-refractivity contribution in [2.24, 2.45) is 0 Å². The Labute approximate surface area is 181 Å². The Bertz CT molecular complexity index is 1080. The molecule has 1 unspecified atom stereocenters. The van der Waals surface area contributed by atoms with Crippen LogP contribution in [0.1, 0.15) is 0 Å². The number of carbonyl (C=O) groups excluding carboxylic acids is 2. The number of nitrogens with zero attached hydrogens (tertiary/aromatic N) is 2. The van der Waals surface area contributed by atoms with E-state index in [0.717, 1.165) is 16.7 Å². The number of nitrogens with one attached hydrogen (secondary N) is 2. The minimum Gasteiger partial charge on any atom is -0.442 e. The summed E-state index contributed by atoms with van der Waals surface area (Å²) in [5.41, 5.74) is 0.824. The molecule has 11 heteroatoms. The molecule has 3 rings (SSSR count). The van der Waals surface area contributed by atoms with Crippen molar-refractivity contribution >= 4 is 34.7 Å². The Morgan fingerprint density at radius 3 is 2.50 bits per heavy atom. The van der Waals surface area contributed by atoms with Gasteiger partial charge in [0.05, 0.1) is 30.2 Å². The number of halogens is 3. The summed E-state index contributed by atoms with van der Waals surface area (Å²) in [6.45, 7) is -0.346. The van der Waals surface area contributed by atoms with E-state index in [0.29, 0.717) is 0 Å². The Morgan fingerprint density at radius 2 is 1.84 bits per heavy atom. The second-order valence-electron chi connectivity index (χ2n) is 7.22. The fourth-order valence-corrected chi connectivity index (χ4v) is 3.01. The summed E-state index contributed by atoms with van der Waals surface area (Å²) in [4.78, 5) is 38.2. The summed E-state index contributed by atoms with van der Waals surface area (Å²) >= 11 is 0. The van der Waals surface area contributed by atoms with Crippen molar-refractivity contribution < 1.29 is 27.5 Å². The summed E-state index contributed by atoms with van der Waals surface area (Å²) in [6, 6.07) is 10.2. The molecule has 0 aliphatic carbocycles. The first-order valence-electron chi connectivity index (χ1n) is 9.58. The number of hydrogen-bond donors (Lipinski definition) is 2. The van der Waals surface area contributed by atoms with Gasteiger partial charge in [-0.2, -0.15) is 8.78 Å². The van der Waals surface area contributed by atoms with Crippen LogP contribution in [0.5, 0.6) is 0 Å². The fourth-order valence-electron chi connectivity index (χ4n) is 3.01. The minimum atomic E-state index is -3.17. The molecule has 1 aliphatic rings. The van der Waals surface area contributed by atoms with Crippen LogP contribution >= 0.6 is 0 Å². The van der Waals surface area contributed by atoms with E-state index in [1.165, 1.54) is 18.2 Å². The van der Waals surface area contributed by atoms with E-state index in [1.54, 1.807) is 18.2 Å². The molecule has 2 amide bonds. The molecule has 2 aromatic rings. The first-order valence-corrected chi connectivity index (χ1v) is 9.58. The van der Waals surface area contributed by atoms with Crippen molar-refractivity contribution in [1.29, 1.82) is 0 Å². The lowest BCUT2D eigenvalue weighted by molar-refractivity contribution is -0.132. The van der Waals surface area contributed by atoms with Gasteiger partial charge in [0, 0.05) is 19.8 Å². The van der Waals surface area contributed by atoms with E-state index in [1.807, 2.05) is 24.3 Å². The average Bonchev–Trinajstić information content (AvgIpc) is 3.01. The molecule has 2 aromatic carbocycles. The predicted molar refractivity (Wildman–Crippen MR) is 113 cm³/mol. The zero-order valence-electron chi connectivity index (χ0n) is 17.3. The number of cyclic esters (lactones) is 1. The molecule has 0 radical (unpaired) electrons. The van der Waals surface area contributed by atoms with Crippen molar-refractivity contribution in [3.05, 3.63) is 58.5 Å². The molecule has 0 saturated carbocycles. The molecule has 0 aromatic heterocycles. The van der Waals surface area contributed by atoms with Crippen LogP contribution in [0.2, 0.25) is 0 Å². The molecule has 2 N–H and O–H groups in total. The first kappa shape index (κ1) is 22.9. The SMILES string of the molecule is CN(C)c1ccc(Nc2ccc(N3CC(CNC(=O)C(F)F)OC3=O)cc2F)c(=O)cc1. The van der Waals surface area contributed by atoms with Gasteiger partial charge < -0.3 is 20.3 Å². The van der Waals surface area contributed by atoms with Gasteiger partial charge in [0.1, 0.15) is 11.9 Å². The number of amides is 2. The Hall–Kier alpha value is -3.76. The zero-order chi connectivity index (χ0) is 23.4. The smallest absolute Gasteiger partial charge is 0.414 e. The molecule has 1 fully saturated rings. The van der Waals surface area contributed by atoms with Gasteiger partial charge in [-0.05, 0) is 42.5 Å². The highest BCUT2D eigenvalue weighted by molar-refractivity contribution is 5.90. The minimum absolute atomic E-state index is 0.0248. The lowest BCUT2D eigenvalue weighted by Crippen LogP contribution is -2.37. The molecule has 0 spiro atoms. The van der Waals surface area contributed by atoms with Crippen LogP contribution in [0.15, 0.2) is 47.3 Å². The number of carbonyl (C=O) groups is 2. The van der Waals surface area contributed by atoms with Gasteiger partial charge in [0.15, 0.2) is 0 Å². The van der Waals surface area contributed by atoms with E-state index in [4.69, 9.17) is 4.74 Å². The van der Waals surface area contributed by atoms with Gasteiger partial charge in [0.25, 0.3) is 5.91 Å². The molecular formula is C21H21F3N4O4. The quantitative estimate of drug-likeness (QED) is 0.674. The van der Waals surface area contributed by atoms with Crippen LogP contribution in [-0.2, 0) is 9.53 Å². The zero-order valence-corrected chi connectivity index (χ0v) is 17.3. The molecule has 8 nitrogen and oxygen atoms in total. The number of alkyl halides is 2. The van der Waals surface area contributed by atoms with Crippen LogP contribution in [0.3, 0.4) is 0 Å². The lowest BCUT2D eigenvalue weighted by atomic mass is 10.2. The maximum atomic E-state index is 14.7. The normalized spacial score (nSPS) is 15.5. The average molecular weight is 450 g/mol. The molecule has 32 heavy (non-hydrogen) atoms. The summed E-state index contributed by atoms with van der Waals surface area (Å²) in [5.74, 6) is -2.19. The highest BCUT2D eigenvalue weighted by Crippen LogP contribution is 2.27. The van der Waals surface area contributed by atoms with Gasteiger partial charge in [-0.25, -0.2) is 9.18 Å². The van der Waals surface area contributed by atoms with E-state index < -0.39 is 30.3 Å². The van der Waals surface area contributed by atoms with Crippen molar-refractivity contribution in [2.75, 3.05) is 42.3 Å². The lowest BCUT2D eigenvalue weighted by Gasteiger charge is -2.15. The fraction of sp³-hybridized carbons (Fsp3) is 0.286. The van der Waals surface area contributed by atoms with Crippen LogP contribution in [0.25, 0.3) is 0 Å². The third kappa shape index (κ3) is 5.29. The molecular weight excluding hydrogens is 429 g/mol. The standard InChI is InChI=1S/C21H21F3N4O4/c1-27(2)12-3-7-17(18(29)8-5-12)26-16-6-4-13(9-15(16)22)28-11-14(32-21(28)31)10-25-20(30)19(23)24/h3-9,14,19H,10-11H2,1-2H3,(H,25,30)(H,26,29). The predicted octanol–water partition coefficient (Wildman–Crippen LogP) is 2.70. The third-order valence-electron chi connectivity index (χ3n) is 4.72. The van der Waals surface area contributed by atoms with Gasteiger partial charge >= 0.3 is 12.5 Å². The van der Waals surface area contributed by atoms with Crippen LogP contribution in [0.4, 0.5) is 40.7 Å². The number of benzene rings is 1. The molecule has 1 atom stereocenters. The molecule has 0 bridgehead atoms. The highest BCUT2D eigenvalue weighted by Gasteiger charge is 2.33. The first-order chi connectivity index (χ1) is 15.2. The second kappa shape index (κ2) is 9.58. The number of rotatable bonds is 7. The van der Waals surface area contributed by atoms with Gasteiger partial charge in [0.2, 0.25) is 5.43 Å². The highest BCUT2D eigenvalue weighted by atomic mass is 19.3. The molecule has 1 saturated heterocycles. The second-order valence-corrected chi connectivity index (χ2v) is 7.22. The van der Waals surface area contributed by atoms with Gasteiger partial charge in [-0.3, -0.25) is 14.5 Å². The maximum Gasteiger partial charge on any atom is 0.414 e. The van der Waals surface area contributed by atoms with E-state index in [-0.39, 0.29) is 35.6 Å². The third-order valence-corrected chi connectivity index (χ3v) is 4.72. The molecule has 1 heterocycles. The van der Waals surface area contributed by atoms with Gasteiger partial charge in [-0.15, -0.1) is 0 Å². The summed E-state index contributed by atoms with van der Waals surface area (Å²) in [6.07, 6.45) is -4.83. The van der Waals surface area contributed by atoms with E-state index >= 15 is 0 Å². The Morgan fingerprint density at radius 1 is 1.16 bits per heavy atom. The molecule has 170 valence electrons. The number of ether oxygens (including phenoxy) is 1. The monoisotopic (exact) mass is 450 g/mol. The van der Waals surface area contributed by atoms with Crippen LogP contribution < -0.4 is 25.9 Å². The molecule has 1 aliphatic heterocycles. The van der Waals surface area contributed by atoms with Crippen molar-refractivity contribution in [1.82, 2.24) is 5.32 Å². The van der Waals surface area contributed by atoms with Crippen LogP contribution in [-0.4, -0.2) is 51.7 Å². The van der Waals surface area contributed by atoms with E-state index in [9.17, 15) is 27.6 Å². The largest absolute Gasteiger partial charge is 0.442 e.